The van der Waals surface area contributed by atoms with Crippen LogP contribution < -0.4 is 16.4 Å². The molecule has 1 aromatic carbocycles. The molecule has 5 heteroatoms. The Bertz CT molecular complexity index is 438. The van der Waals surface area contributed by atoms with Crippen LogP contribution in [0, 0.1) is 0 Å². The van der Waals surface area contributed by atoms with E-state index in [1.807, 2.05) is 0 Å². The quantitative estimate of drug-likeness (QED) is 0.730. The standard InChI is InChI=1S/C13H17N3OS/c14-12(17)9-5-7-11(8-6-9)16-13(18)15-10-3-1-2-4-10/h5-8,10H,1-4H2,(H2,14,17)(H2,15,16,18). The average Bonchev–Trinajstić information content (AvgIpc) is 2.82. The third-order valence-electron chi connectivity index (χ3n) is 3.12. The fourth-order valence-electron chi connectivity index (χ4n) is 2.14. The van der Waals surface area contributed by atoms with Gasteiger partial charge in [0, 0.05) is 17.3 Å². The van der Waals surface area contributed by atoms with Gasteiger partial charge in [-0.2, -0.15) is 0 Å². The zero-order chi connectivity index (χ0) is 13.0. The number of amides is 1. The molecule has 4 nitrogen and oxygen atoms in total. The highest BCUT2D eigenvalue weighted by molar-refractivity contribution is 7.80. The number of benzene rings is 1. The number of thiocarbonyl (C=S) groups is 1. The number of primary amides is 1. The van der Waals surface area contributed by atoms with Crippen molar-refractivity contribution < 1.29 is 4.79 Å². The molecule has 1 aromatic rings. The van der Waals surface area contributed by atoms with Crippen molar-refractivity contribution in [1.82, 2.24) is 5.32 Å². The number of carbonyl (C=O) groups is 1. The van der Waals surface area contributed by atoms with Crippen molar-refractivity contribution in [3.05, 3.63) is 29.8 Å². The molecule has 1 aliphatic carbocycles. The van der Waals surface area contributed by atoms with Crippen LogP contribution in [0.25, 0.3) is 0 Å². The van der Waals surface area contributed by atoms with Gasteiger partial charge in [-0.3, -0.25) is 4.79 Å². The fourth-order valence-corrected chi connectivity index (χ4v) is 2.43. The molecule has 0 aliphatic heterocycles. The molecule has 1 amide bonds. The largest absolute Gasteiger partial charge is 0.366 e. The second-order valence-corrected chi connectivity index (χ2v) is 4.93. The molecule has 0 atom stereocenters. The van der Waals surface area contributed by atoms with E-state index in [4.69, 9.17) is 18.0 Å². The molecular weight excluding hydrogens is 246 g/mol. The first-order valence-corrected chi connectivity index (χ1v) is 6.53. The first kappa shape index (κ1) is 12.8. The maximum atomic E-state index is 10.9. The van der Waals surface area contributed by atoms with E-state index < -0.39 is 5.91 Å². The second-order valence-electron chi connectivity index (χ2n) is 4.52. The van der Waals surface area contributed by atoms with E-state index in [0.717, 1.165) is 5.69 Å². The number of hydrogen-bond acceptors (Lipinski definition) is 2. The molecule has 0 unspecified atom stereocenters. The molecule has 4 N–H and O–H groups in total. The van der Waals surface area contributed by atoms with Gasteiger partial charge < -0.3 is 16.4 Å². The smallest absolute Gasteiger partial charge is 0.248 e. The maximum Gasteiger partial charge on any atom is 0.248 e. The molecule has 0 spiro atoms. The molecule has 0 heterocycles. The highest BCUT2D eigenvalue weighted by atomic mass is 32.1. The Labute approximate surface area is 112 Å². The number of nitrogens with two attached hydrogens (primary N) is 1. The zero-order valence-corrected chi connectivity index (χ0v) is 10.9. The van der Waals surface area contributed by atoms with Crippen LogP contribution in [0.15, 0.2) is 24.3 Å². The summed E-state index contributed by atoms with van der Waals surface area (Å²) in [6.45, 7) is 0. The van der Waals surface area contributed by atoms with Crippen molar-refractivity contribution in [2.75, 3.05) is 5.32 Å². The monoisotopic (exact) mass is 263 g/mol. The normalized spacial score (nSPS) is 15.3. The van der Waals surface area contributed by atoms with Gasteiger partial charge in [0.1, 0.15) is 0 Å². The summed E-state index contributed by atoms with van der Waals surface area (Å²) in [5, 5.41) is 7.03. The van der Waals surface area contributed by atoms with Gasteiger partial charge in [0.25, 0.3) is 0 Å². The number of rotatable bonds is 3. The Morgan fingerprint density at radius 2 is 1.83 bits per heavy atom. The number of nitrogens with one attached hydrogen (secondary N) is 2. The summed E-state index contributed by atoms with van der Waals surface area (Å²) in [7, 11) is 0. The number of hydrogen-bond donors (Lipinski definition) is 3. The summed E-state index contributed by atoms with van der Waals surface area (Å²) in [5.74, 6) is -0.423. The minimum absolute atomic E-state index is 0.423. The molecule has 0 saturated heterocycles. The zero-order valence-electron chi connectivity index (χ0n) is 10.1. The molecule has 0 radical (unpaired) electrons. The lowest BCUT2D eigenvalue weighted by atomic mass is 10.2. The summed E-state index contributed by atoms with van der Waals surface area (Å²) in [6.07, 6.45) is 4.91. The predicted molar refractivity (Wildman–Crippen MR) is 76.6 cm³/mol. The number of anilines is 1. The van der Waals surface area contributed by atoms with Crippen LogP contribution in [0.3, 0.4) is 0 Å². The Balaban J connectivity index is 1.88. The van der Waals surface area contributed by atoms with Gasteiger partial charge in [-0.15, -0.1) is 0 Å². The molecule has 96 valence electrons. The lowest BCUT2D eigenvalue weighted by molar-refractivity contribution is 0.100. The van der Waals surface area contributed by atoms with Gasteiger partial charge in [0.2, 0.25) is 5.91 Å². The van der Waals surface area contributed by atoms with Crippen LogP contribution in [-0.4, -0.2) is 17.1 Å². The molecular formula is C13H17N3OS. The molecule has 18 heavy (non-hydrogen) atoms. The molecule has 1 fully saturated rings. The van der Waals surface area contributed by atoms with Gasteiger partial charge in [0.05, 0.1) is 0 Å². The Hall–Kier alpha value is -1.62. The van der Waals surface area contributed by atoms with Crippen molar-refractivity contribution in [2.45, 2.75) is 31.7 Å². The van der Waals surface area contributed by atoms with E-state index in [9.17, 15) is 4.79 Å². The Kier molecular flexibility index (Phi) is 4.15. The first-order valence-electron chi connectivity index (χ1n) is 6.12. The van der Waals surface area contributed by atoms with E-state index >= 15 is 0 Å². The van der Waals surface area contributed by atoms with Crippen LogP contribution in [0.2, 0.25) is 0 Å². The summed E-state index contributed by atoms with van der Waals surface area (Å²) < 4.78 is 0. The van der Waals surface area contributed by atoms with Crippen LogP contribution in [0.4, 0.5) is 5.69 Å². The molecule has 1 saturated carbocycles. The third-order valence-corrected chi connectivity index (χ3v) is 3.34. The minimum Gasteiger partial charge on any atom is -0.366 e. The summed E-state index contributed by atoms with van der Waals surface area (Å²) in [4.78, 5) is 10.9. The van der Waals surface area contributed by atoms with Gasteiger partial charge in [-0.1, -0.05) is 12.8 Å². The molecule has 2 rings (SSSR count). The van der Waals surface area contributed by atoms with Crippen LogP contribution in [0.1, 0.15) is 36.0 Å². The van der Waals surface area contributed by atoms with Gasteiger partial charge >= 0.3 is 0 Å². The average molecular weight is 263 g/mol. The van der Waals surface area contributed by atoms with E-state index in [-0.39, 0.29) is 0 Å². The SMILES string of the molecule is NC(=O)c1ccc(NC(=S)NC2CCCC2)cc1. The lowest BCUT2D eigenvalue weighted by Gasteiger charge is -2.15. The predicted octanol–water partition coefficient (Wildman–Crippen LogP) is 2.01. The van der Waals surface area contributed by atoms with E-state index in [1.54, 1.807) is 24.3 Å². The van der Waals surface area contributed by atoms with Crippen molar-refractivity contribution in [1.29, 1.82) is 0 Å². The van der Waals surface area contributed by atoms with Gasteiger partial charge in [-0.25, -0.2) is 0 Å². The molecule has 0 aromatic heterocycles. The second kappa shape index (κ2) is 5.82. The maximum absolute atomic E-state index is 10.9. The van der Waals surface area contributed by atoms with Crippen LogP contribution >= 0.6 is 12.2 Å². The fraction of sp³-hybridized carbons (Fsp3) is 0.385. The van der Waals surface area contributed by atoms with E-state index in [1.165, 1.54) is 25.7 Å². The van der Waals surface area contributed by atoms with E-state index in [2.05, 4.69) is 10.6 Å². The van der Waals surface area contributed by atoms with Crippen molar-refractivity contribution in [3.8, 4) is 0 Å². The molecule has 0 bridgehead atoms. The first-order chi connectivity index (χ1) is 8.65. The topological polar surface area (TPSA) is 67.2 Å². The van der Waals surface area contributed by atoms with Gasteiger partial charge in [0.15, 0.2) is 5.11 Å². The Morgan fingerprint density at radius 3 is 2.39 bits per heavy atom. The highest BCUT2D eigenvalue weighted by Gasteiger charge is 2.15. The van der Waals surface area contributed by atoms with Crippen LogP contribution in [-0.2, 0) is 0 Å². The highest BCUT2D eigenvalue weighted by Crippen LogP contribution is 2.18. The Morgan fingerprint density at radius 1 is 1.22 bits per heavy atom. The lowest BCUT2D eigenvalue weighted by Crippen LogP contribution is -2.35. The number of carbonyl (C=O) groups excluding carboxylic acids is 1. The minimum atomic E-state index is -0.423. The summed E-state index contributed by atoms with van der Waals surface area (Å²) in [6, 6.07) is 7.45. The van der Waals surface area contributed by atoms with Crippen LogP contribution in [0.5, 0.6) is 0 Å². The molecule has 1 aliphatic rings. The van der Waals surface area contributed by atoms with E-state index in [0.29, 0.717) is 16.7 Å². The third kappa shape index (κ3) is 3.43. The van der Waals surface area contributed by atoms with Crippen molar-refractivity contribution in [2.24, 2.45) is 5.73 Å². The van der Waals surface area contributed by atoms with Crippen molar-refractivity contribution in [3.63, 3.8) is 0 Å². The summed E-state index contributed by atoms with van der Waals surface area (Å²) >= 11 is 5.24. The summed E-state index contributed by atoms with van der Waals surface area (Å²) in [5.41, 5.74) is 6.53. The van der Waals surface area contributed by atoms with Gasteiger partial charge in [-0.05, 0) is 49.3 Å². The van der Waals surface area contributed by atoms with Crippen molar-refractivity contribution >= 4 is 28.9 Å².